The lowest BCUT2D eigenvalue weighted by Gasteiger charge is -2.35. The van der Waals surface area contributed by atoms with E-state index < -0.39 is 41.9 Å². The number of hydrogen-bond acceptors (Lipinski definition) is 11. The average molecular weight is 667 g/mol. The van der Waals surface area contributed by atoms with Gasteiger partial charge in [-0.2, -0.15) is 0 Å². The van der Waals surface area contributed by atoms with Crippen molar-refractivity contribution in [2.75, 3.05) is 48.9 Å². The lowest BCUT2D eigenvalue weighted by Crippen LogP contribution is -2.58. The molecule has 4 rings (SSSR count). The zero-order valence-corrected chi connectivity index (χ0v) is 27.2. The first-order chi connectivity index (χ1) is 23.2. The number of ether oxygens (including phenoxy) is 7. The lowest BCUT2D eigenvalue weighted by molar-refractivity contribution is -0.0416. The molecule has 0 aliphatic carbocycles. The largest absolute Gasteiger partial charge is 0.497 e. The van der Waals surface area contributed by atoms with E-state index in [0.29, 0.717) is 5.75 Å². The molecule has 3 aromatic rings. The Morgan fingerprint density at radius 2 is 1.52 bits per heavy atom. The summed E-state index contributed by atoms with van der Waals surface area (Å²) in [5.41, 5.74) is 0.286. The van der Waals surface area contributed by atoms with Crippen LogP contribution in [0.25, 0.3) is 0 Å². The first kappa shape index (κ1) is 35.4. The molecule has 1 aliphatic rings. The zero-order valence-electron chi connectivity index (χ0n) is 27.2. The maximum absolute atomic E-state index is 14.5. The highest BCUT2D eigenvalue weighted by Crippen LogP contribution is 2.39. The highest BCUT2D eigenvalue weighted by Gasteiger charge is 2.45. The van der Waals surface area contributed by atoms with Crippen LogP contribution in [0.4, 0.5) is 4.79 Å². The number of rotatable bonds is 13. The van der Waals surface area contributed by atoms with E-state index in [9.17, 15) is 24.3 Å². The quantitative estimate of drug-likeness (QED) is 0.151. The van der Waals surface area contributed by atoms with E-state index >= 15 is 0 Å². The monoisotopic (exact) mass is 666 g/mol. The fourth-order valence-electron chi connectivity index (χ4n) is 5.46. The number of Topliss-reactive ketones (excluding diaryl/α,β-unsaturated/α-hetero) is 1. The third-order valence-corrected chi connectivity index (χ3v) is 7.79. The fourth-order valence-corrected chi connectivity index (χ4v) is 5.46. The van der Waals surface area contributed by atoms with E-state index in [1.165, 1.54) is 65.9 Å². The molecule has 3 unspecified atom stereocenters. The number of carboxylic acid groups (broad SMARTS) is 1. The first-order valence-electron chi connectivity index (χ1n) is 14.9. The number of amides is 2. The van der Waals surface area contributed by atoms with Gasteiger partial charge in [0, 0.05) is 25.1 Å². The molecule has 0 aromatic heterocycles. The van der Waals surface area contributed by atoms with Crippen molar-refractivity contribution < 1.29 is 57.4 Å². The Morgan fingerprint density at radius 3 is 2.10 bits per heavy atom. The number of likely N-dealkylation sites (tertiary alicyclic amines) is 1. The van der Waals surface area contributed by atoms with Gasteiger partial charge in [0.25, 0.3) is 5.91 Å². The molecule has 0 saturated carbocycles. The predicted octanol–water partition coefficient (Wildman–Crippen LogP) is 4.26. The van der Waals surface area contributed by atoms with Crippen molar-refractivity contribution in [3.8, 4) is 28.7 Å². The Labute approximate surface area is 277 Å². The Morgan fingerprint density at radius 1 is 0.833 bits per heavy atom. The van der Waals surface area contributed by atoms with Crippen LogP contribution >= 0.6 is 0 Å². The van der Waals surface area contributed by atoms with Gasteiger partial charge in [0.05, 0.1) is 45.6 Å². The molecule has 0 bridgehead atoms. The van der Waals surface area contributed by atoms with Crippen LogP contribution in [0.2, 0.25) is 0 Å². The number of carbonyl (C=O) groups is 4. The minimum Gasteiger partial charge on any atom is -0.497 e. The molecule has 48 heavy (non-hydrogen) atoms. The number of hydrogen-bond donors (Lipinski definition) is 2. The molecule has 14 nitrogen and oxygen atoms in total. The van der Waals surface area contributed by atoms with Crippen molar-refractivity contribution in [3.05, 3.63) is 77.4 Å². The van der Waals surface area contributed by atoms with Gasteiger partial charge in [0.15, 0.2) is 24.1 Å². The van der Waals surface area contributed by atoms with E-state index in [2.05, 4.69) is 5.32 Å². The lowest BCUT2D eigenvalue weighted by atomic mass is 9.86. The number of benzene rings is 3. The molecular weight excluding hydrogens is 628 g/mol. The summed E-state index contributed by atoms with van der Waals surface area (Å²) in [5.74, 6) is -2.05. The highest BCUT2D eigenvalue weighted by molar-refractivity contribution is 6.02. The third-order valence-electron chi connectivity index (χ3n) is 7.79. The van der Waals surface area contributed by atoms with Gasteiger partial charge < -0.3 is 43.6 Å². The van der Waals surface area contributed by atoms with Gasteiger partial charge in [-0.05, 0) is 55.3 Å². The summed E-state index contributed by atoms with van der Waals surface area (Å²) >= 11 is 0. The van der Waals surface area contributed by atoms with Crippen molar-refractivity contribution in [1.29, 1.82) is 0 Å². The number of methoxy groups -OCH3 is 5. The first-order valence-corrected chi connectivity index (χ1v) is 14.9. The summed E-state index contributed by atoms with van der Waals surface area (Å²) in [6.07, 6.45) is -2.71. The third kappa shape index (κ3) is 7.89. The molecule has 2 amide bonds. The van der Waals surface area contributed by atoms with Crippen LogP contribution in [0.15, 0.2) is 60.7 Å². The summed E-state index contributed by atoms with van der Waals surface area (Å²) < 4.78 is 38.1. The van der Waals surface area contributed by atoms with Gasteiger partial charge in [-0.3, -0.25) is 14.5 Å². The van der Waals surface area contributed by atoms with Gasteiger partial charge in [-0.25, -0.2) is 9.59 Å². The molecular formula is C34H38N2O12. The van der Waals surface area contributed by atoms with Crippen LogP contribution in [0.1, 0.15) is 43.9 Å². The summed E-state index contributed by atoms with van der Waals surface area (Å²) in [6, 6.07) is 14.0. The average Bonchev–Trinajstić information content (AvgIpc) is 3.29. The second kappa shape index (κ2) is 16.4. The van der Waals surface area contributed by atoms with Gasteiger partial charge in [-0.15, -0.1) is 0 Å². The standard InChI is InChI=1S/C34H38N2O12/c1-42-19-47-25-14-13-22(43-2)18-24(25)29(37)23-12-9-15-36(34(40)41)32(48-33(39)20-10-7-6-8-11-20)28(23)35-31(38)21-16-26(44-3)30(46-5)27(17-21)45-4/h6-8,10-11,13-14,16-18,23,28,32H,9,12,15,19H2,1-5H3,(H,35,38)(H,40,41). The highest BCUT2D eigenvalue weighted by atomic mass is 16.7. The second-order valence-corrected chi connectivity index (χ2v) is 10.6. The molecule has 1 heterocycles. The minimum atomic E-state index is -1.62. The molecule has 0 radical (unpaired) electrons. The summed E-state index contributed by atoms with van der Waals surface area (Å²) in [7, 11) is 7.06. The van der Waals surface area contributed by atoms with Crippen molar-refractivity contribution >= 4 is 23.8 Å². The molecule has 0 spiro atoms. The molecule has 2 N–H and O–H groups in total. The molecule has 256 valence electrons. The van der Waals surface area contributed by atoms with Gasteiger partial charge in [0.2, 0.25) is 12.0 Å². The van der Waals surface area contributed by atoms with Crippen molar-refractivity contribution in [2.45, 2.75) is 25.1 Å². The normalized spacial score (nSPS) is 17.4. The van der Waals surface area contributed by atoms with Gasteiger partial charge in [-0.1, -0.05) is 18.2 Å². The molecule has 1 aliphatic heterocycles. The van der Waals surface area contributed by atoms with Gasteiger partial charge >= 0.3 is 12.1 Å². The summed E-state index contributed by atoms with van der Waals surface area (Å²) in [5, 5.41) is 13.1. The number of ketones is 1. The smallest absolute Gasteiger partial charge is 0.410 e. The Hall–Kier alpha value is -5.50. The number of carbonyl (C=O) groups excluding carboxylic acids is 3. The topological polar surface area (TPSA) is 168 Å². The maximum Gasteiger partial charge on any atom is 0.410 e. The van der Waals surface area contributed by atoms with E-state index in [4.69, 9.17) is 33.2 Å². The predicted molar refractivity (Wildman–Crippen MR) is 170 cm³/mol. The molecule has 14 heteroatoms. The van der Waals surface area contributed by atoms with Crippen LogP contribution in [0.5, 0.6) is 28.7 Å². The summed E-state index contributed by atoms with van der Waals surface area (Å²) in [6.45, 7) is -0.254. The maximum atomic E-state index is 14.5. The van der Waals surface area contributed by atoms with Crippen molar-refractivity contribution in [2.24, 2.45) is 5.92 Å². The van der Waals surface area contributed by atoms with Crippen LogP contribution in [-0.2, 0) is 9.47 Å². The molecule has 3 aromatic carbocycles. The number of esters is 1. The zero-order chi connectivity index (χ0) is 34.8. The Bertz CT molecular complexity index is 1590. The minimum absolute atomic E-state index is 0.0421. The van der Waals surface area contributed by atoms with E-state index in [-0.39, 0.29) is 65.9 Å². The van der Waals surface area contributed by atoms with E-state index in [1.807, 2.05) is 0 Å². The van der Waals surface area contributed by atoms with Crippen LogP contribution in [0.3, 0.4) is 0 Å². The van der Waals surface area contributed by atoms with Crippen LogP contribution in [0, 0.1) is 5.92 Å². The van der Waals surface area contributed by atoms with E-state index in [1.54, 1.807) is 30.3 Å². The molecule has 1 saturated heterocycles. The molecule has 1 fully saturated rings. The Kier molecular flexibility index (Phi) is 12.1. The Balaban J connectivity index is 1.85. The molecule has 3 atom stereocenters. The fraction of sp³-hybridized carbons (Fsp3) is 0.353. The second-order valence-electron chi connectivity index (χ2n) is 10.6. The van der Waals surface area contributed by atoms with Crippen molar-refractivity contribution in [1.82, 2.24) is 10.2 Å². The van der Waals surface area contributed by atoms with Crippen molar-refractivity contribution in [3.63, 3.8) is 0 Å². The number of nitrogens with zero attached hydrogens (tertiary/aromatic N) is 1. The SMILES string of the molecule is COCOc1ccc(OC)cc1C(=O)C1CCCN(C(=O)O)C(OC(=O)c2ccccc2)C1NC(=O)c1cc(OC)c(OC)c(OC)c1. The van der Waals surface area contributed by atoms with Crippen LogP contribution < -0.4 is 29.0 Å². The number of nitrogens with one attached hydrogen (secondary N) is 1. The van der Waals surface area contributed by atoms with Crippen LogP contribution in [-0.4, -0.2) is 94.9 Å². The van der Waals surface area contributed by atoms with E-state index in [0.717, 1.165) is 4.90 Å². The summed E-state index contributed by atoms with van der Waals surface area (Å²) in [4.78, 5) is 55.4. The van der Waals surface area contributed by atoms with Gasteiger partial charge in [0.1, 0.15) is 11.5 Å².